The molecule has 1 heterocycles. The molecule has 0 N–H and O–H groups in total. The molecule has 4 aromatic carbocycles. The van der Waals surface area contributed by atoms with Gasteiger partial charge in [-0.25, -0.2) is 8.42 Å². The Hall–Kier alpha value is -4.94. The molecule has 0 fully saturated rings. The van der Waals surface area contributed by atoms with Gasteiger partial charge in [-0.15, -0.1) is 0 Å². The normalized spacial score (nSPS) is 11.4. The van der Waals surface area contributed by atoms with Gasteiger partial charge >= 0.3 is 10.9 Å². The number of fused-ring (bicyclic) bond motifs is 1. The summed E-state index contributed by atoms with van der Waals surface area (Å²) in [4.78, 5) is 12.9. The van der Waals surface area contributed by atoms with E-state index in [9.17, 15) is 18.4 Å². The van der Waals surface area contributed by atoms with E-state index in [1.165, 1.54) is 31.4 Å². The predicted molar refractivity (Wildman–Crippen MR) is 150 cm³/mol. The van der Waals surface area contributed by atoms with Crippen LogP contribution in [0.1, 0.15) is 15.9 Å². The van der Waals surface area contributed by atoms with Crippen LogP contribution in [0.5, 0.6) is 17.4 Å². The fourth-order valence-corrected chi connectivity index (χ4v) is 5.47. The summed E-state index contributed by atoms with van der Waals surface area (Å²) >= 11 is 0. The van der Waals surface area contributed by atoms with Gasteiger partial charge in [0.1, 0.15) is 13.2 Å². The van der Waals surface area contributed by atoms with E-state index in [4.69, 9.17) is 18.9 Å². The van der Waals surface area contributed by atoms with Crippen LogP contribution in [0, 0.1) is 5.21 Å². The summed E-state index contributed by atoms with van der Waals surface area (Å²) in [6.07, 6.45) is 0. The summed E-state index contributed by atoms with van der Waals surface area (Å²) in [5.74, 6) is 0.216. The van der Waals surface area contributed by atoms with Gasteiger partial charge in [-0.3, -0.25) is 9.42 Å². The number of aromatic nitrogens is 2. The summed E-state index contributed by atoms with van der Waals surface area (Å²) in [6.45, 7) is 0.202. The molecule has 5 aromatic rings. The number of ketones is 1. The molecular weight excluding hydrogens is 564 g/mol. The molecule has 0 radical (unpaired) electrons. The average molecular weight is 591 g/mol. The van der Waals surface area contributed by atoms with Gasteiger partial charge in [0.05, 0.1) is 30.4 Å². The number of hydrogen-bond donors (Lipinski definition) is 0. The number of benzene rings is 4. The largest absolute Gasteiger partial charge is 0.493 e. The first-order valence-electron chi connectivity index (χ1n) is 12.8. The lowest BCUT2D eigenvalue weighted by Crippen LogP contribution is -2.31. The minimum atomic E-state index is -4.21. The summed E-state index contributed by atoms with van der Waals surface area (Å²) in [7, 11) is -2.71. The second-order valence-corrected chi connectivity index (χ2v) is 10.8. The molecule has 0 saturated carbocycles. The third-order valence-corrected chi connectivity index (χ3v) is 7.97. The van der Waals surface area contributed by atoms with Crippen molar-refractivity contribution in [3.05, 3.63) is 107 Å². The van der Waals surface area contributed by atoms with Crippen molar-refractivity contribution in [1.29, 1.82) is 0 Å². The maximum atomic E-state index is 13.2. The molecular formula is C30H26N2O9S. The standard InChI is InChI=1S/C30H26N2O9S/c1-37-26-14-13-24(28(33)23-12-11-21-7-5-6-8-22(21)19-23)20-27(26)39-17-15-38-16-18-40-29-30(32(34)41-31-29)42(35,36)25-9-3-2-4-10-25/h2-14,19-20H,15-18H2,1H3. The number of ether oxygens (including phenoxy) is 4. The van der Waals surface area contributed by atoms with Crippen LogP contribution in [0.4, 0.5) is 0 Å². The molecule has 11 nitrogen and oxygen atoms in total. The van der Waals surface area contributed by atoms with Crippen molar-refractivity contribution in [3.8, 4) is 17.4 Å². The highest BCUT2D eigenvalue weighted by Gasteiger charge is 2.35. The van der Waals surface area contributed by atoms with Gasteiger partial charge in [-0.05, 0) is 52.1 Å². The van der Waals surface area contributed by atoms with E-state index in [1.54, 1.807) is 30.3 Å². The SMILES string of the molecule is COc1ccc(C(=O)c2ccc3ccccc3c2)cc1OCCOCCOc1no[n+]([O-])c1S(=O)(=O)c1ccccc1. The van der Waals surface area contributed by atoms with Gasteiger partial charge in [0.25, 0.3) is 9.84 Å². The van der Waals surface area contributed by atoms with Crippen molar-refractivity contribution < 1.29 is 41.7 Å². The molecule has 0 spiro atoms. The molecule has 0 atom stereocenters. The minimum absolute atomic E-state index is 0.0392. The van der Waals surface area contributed by atoms with Gasteiger partial charge in [-0.2, -0.15) is 0 Å². The summed E-state index contributed by atoms with van der Waals surface area (Å²) in [5, 5.41) is 16.7. The number of sulfone groups is 1. The van der Waals surface area contributed by atoms with E-state index in [0.29, 0.717) is 22.6 Å². The van der Waals surface area contributed by atoms with Crippen LogP contribution < -0.4 is 19.1 Å². The van der Waals surface area contributed by atoms with Gasteiger partial charge in [0.15, 0.2) is 17.3 Å². The number of carbonyl (C=O) groups excluding carboxylic acids is 1. The minimum Gasteiger partial charge on any atom is -0.493 e. The number of nitrogens with zero attached hydrogens (tertiary/aromatic N) is 2. The average Bonchev–Trinajstić information content (AvgIpc) is 3.41. The lowest BCUT2D eigenvalue weighted by atomic mass is 9.99. The molecule has 0 aliphatic rings. The van der Waals surface area contributed by atoms with Crippen molar-refractivity contribution in [2.75, 3.05) is 33.5 Å². The van der Waals surface area contributed by atoms with Crippen molar-refractivity contribution >= 4 is 26.4 Å². The molecule has 0 saturated heterocycles. The molecule has 216 valence electrons. The molecule has 5 rings (SSSR count). The van der Waals surface area contributed by atoms with E-state index in [1.807, 2.05) is 36.4 Å². The number of carbonyl (C=O) groups is 1. The van der Waals surface area contributed by atoms with E-state index in [0.717, 1.165) is 10.8 Å². The molecule has 42 heavy (non-hydrogen) atoms. The molecule has 0 amide bonds. The molecule has 0 aliphatic heterocycles. The zero-order valence-electron chi connectivity index (χ0n) is 22.5. The topological polar surface area (TPSA) is 141 Å². The van der Waals surface area contributed by atoms with Gasteiger partial charge in [-0.1, -0.05) is 54.6 Å². The Balaban J connectivity index is 1.14. The monoisotopic (exact) mass is 590 g/mol. The van der Waals surface area contributed by atoms with E-state index in [2.05, 4.69) is 9.79 Å². The first-order valence-corrected chi connectivity index (χ1v) is 14.3. The Kier molecular flexibility index (Phi) is 8.65. The highest BCUT2D eigenvalue weighted by Crippen LogP contribution is 2.30. The first-order chi connectivity index (χ1) is 20.4. The maximum Gasteiger partial charge on any atom is 0.415 e. The van der Waals surface area contributed by atoms with Crippen molar-refractivity contribution in [1.82, 2.24) is 5.16 Å². The molecule has 1 aromatic heterocycles. The van der Waals surface area contributed by atoms with E-state index >= 15 is 0 Å². The fraction of sp³-hybridized carbons (Fsp3) is 0.167. The zero-order chi connectivity index (χ0) is 29.5. The third kappa shape index (κ3) is 6.19. The second kappa shape index (κ2) is 12.7. The Morgan fingerprint density at radius 1 is 0.810 bits per heavy atom. The van der Waals surface area contributed by atoms with Gasteiger partial charge < -0.3 is 24.2 Å². The van der Waals surface area contributed by atoms with Gasteiger partial charge in [0, 0.05) is 11.1 Å². The molecule has 0 unspecified atom stereocenters. The quantitative estimate of drug-likeness (QED) is 0.112. The van der Waals surface area contributed by atoms with Crippen LogP contribution in [0.2, 0.25) is 0 Å². The Bertz CT molecular complexity index is 1800. The summed E-state index contributed by atoms with van der Waals surface area (Å²) in [6, 6.07) is 25.7. The number of methoxy groups -OCH3 is 1. The second-order valence-electron chi connectivity index (χ2n) is 8.92. The fourth-order valence-electron chi connectivity index (χ4n) is 4.18. The van der Waals surface area contributed by atoms with Crippen LogP contribution in [0.25, 0.3) is 10.8 Å². The molecule has 12 heteroatoms. The smallest absolute Gasteiger partial charge is 0.415 e. The number of rotatable bonds is 13. The zero-order valence-corrected chi connectivity index (χ0v) is 23.3. The maximum absolute atomic E-state index is 13.2. The highest BCUT2D eigenvalue weighted by atomic mass is 32.2. The van der Waals surface area contributed by atoms with Gasteiger partial charge in [0.2, 0.25) is 0 Å². The van der Waals surface area contributed by atoms with E-state index < -0.39 is 20.7 Å². The highest BCUT2D eigenvalue weighted by molar-refractivity contribution is 7.91. The number of hydrogen-bond acceptors (Lipinski definition) is 10. The van der Waals surface area contributed by atoms with Crippen LogP contribution in [0.3, 0.4) is 0 Å². The van der Waals surface area contributed by atoms with Crippen LogP contribution in [0.15, 0.2) is 106 Å². The van der Waals surface area contributed by atoms with Crippen molar-refractivity contribution in [2.45, 2.75) is 9.92 Å². The summed E-state index contributed by atoms with van der Waals surface area (Å²) in [5.41, 5.74) is 1.00. The third-order valence-electron chi connectivity index (χ3n) is 6.24. The Morgan fingerprint density at radius 2 is 1.48 bits per heavy atom. The Labute approximate surface area is 241 Å². The van der Waals surface area contributed by atoms with Crippen LogP contribution in [-0.4, -0.2) is 52.9 Å². The van der Waals surface area contributed by atoms with Crippen molar-refractivity contribution in [3.63, 3.8) is 0 Å². The molecule has 0 aliphatic carbocycles. The lowest BCUT2D eigenvalue weighted by Gasteiger charge is -2.12. The lowest BCUT2D eigenvalue weighted by molar-refractivity contribution is -0.832. The van der Waals surface area contributed by atoms with Crippen molar-refractivity contribution in [2.24, 2.45) is 0 Å². The molecule has 0 bridgehead atoms. The first kappa shape index (κ1) is 28.6. The van der Waals surface area contributed by atoms with Crippen LogP contribution in [-0.2, 0) is 14.6 Å². The van der Waals surface area contributed by atoms with Crippen LogP contribution >= 0.6 is 0 Å². The predicted octanol–water partition coefficient (Wildman–Crippen LogP) is 4.01. The Morgan fingerprint density at radius 3 is 2.24 bits per heavy atom. The summed E-state index contributed by atoms with van der Waals surface area (Å²) < 4.78 is 52.1. The van der Waals surface area contributed by atoms with E-state index in [-0.39, 0.29) is 42.0 Å².